The van der Waals surface area contributed by atoms with Gasteiger partial charge in [-0.1, -0.05) is 17.3 Å². The fourth-order valence-electron chi connectivity index (χ4n) is 2.64. The molecule has 0 bridgehead atoms. The van der Waals surface area contributed by atoms with Gasteiger partial charge in [0.1, 0.15) is 6.61 Å². The summed E-state index contributed by atoms with van der Waals surface area (Å²) in [6.07, 6.45) is 3.37. The van der Waals surface area contributed by atoms with E-state index in [0.29, 0.717) is 30.3 Å². The van der Waals surface area contributed by atoms with Crippen LogP contribution in [-0.2, 0) is 6.54 Å². The lowest BCUT2D eigenvalue weighted by molar-refractivity contribution is 0.253. The van der Waals surface area contributed by atoms with Crippen molar-refractivity contribution in [2.75, 3.05) is 27.2 Å². The van der Waals surface area contributed by atoms with Gasteiger partial charge in [-0.2, -0.15) is 4.98 Å². The van der Waals surface area contributed by atoms with Crippen molar-refractivity contribution in [2.45, 2.75) is 6.54 Å². The van der Waals surface area contributed by atoms with Crippen molar-refractivity contribution in [2.24, 2.45) is 0 Å². The van der Waals surface area contributed by atoms with Gasteiger partial charge in [0.15, 0.2) is 0 Å². The molecule has 1 aromatic carbocycles. The maximum absolute atomic E-state index is 5.66. The summed E-state index contributed by atoms with van der Waals surface area (Å²) in [5, 5.41) is 9.36. The van der Waals surface area contributed by atoms with Crippen LogP contribution < -0.4 is 4.74 Å². The number of hydrogen-bond acceptors (Lipinski definition) is 7. The highest BCUT2D eigenvalue weighted by atomic mass is 16.5. The third kappa shape index (κ3) is 3.45. The molecule has 0 amide bonds. The Kier molecular flexibility index (Phi) is 4.40. The van der Waals surface area contributed by atoms with Crippen molar-refractivity contribution in [3.63, 3.8) is 0 Å². The molecule has 0 radical (unpaired) electrons. The van der Waals surface area contributed by atoms with E-state index in [4.69, 9.17) is 4.74 Å². The van der Waals surface area contributed by atoms with Gasteiger partial charge < -0.3 is 9.64 Å². The van der Waals surface area contributed by atoms with Gasteiger partial charge in [-0.25, -0.2) is 9.67 Å². The van der Waals surface area contributed by atoms with E-state index < -0.39 is 0 Å². The van der Waals surface area contributed by atoms with Crippen LogP contribution in [-0.4, -0.2) is 62.1 Å². The zero-order valence-electron chi connectivity index (χ0n) is 14.7. The molecule has 3 heterocycles. The molecule has 8 heteroatoms. The van der Waals surface area contributed by atoms with Crippen molar-refractivity contribution >= 4 is 22.2 Å². The van der Waals surface area contributed by atoms with E-state index >= 15 is 0 Å². The molecule has 0 saturated carbocycles. The third-order valence-corrected chi connectivity index (χ3v) is 3.99. The van der Waals surface area contributed by atoms with E-state index in [1.165, 1.54) is 0 Å². The Morgan fingerprint density at radius 1 is 1.15 bits per heavy atom. The molecule has 4 rings (SSSR count). The first-order chi connectivity index (χ1) is 12.7. The molecule has 0 N–H and O–H groups in total. The fourth-order valence-corrected chi connectivity index (χ4v) is 2.64. The van der Waals surface area contributed by atoms with Crippen molar-refractivity contribution in [1.82, 2.24) is 34.8 Å². The number of nitrogens with zero attached hydrogens (tertiary/aromatic N) is 7. The first-order valence-corrected chi connectivity index (χ1v) is 8.36. The zero-order valence-corrected chi connectivity index (χ0v) is 14.7. The monoisotopic (exact) mass is 349 g/mol. The van der Waals surface area contributed by atoms with E-state index in [1.807, 2.05) is 43.3 Å². The van der Waals surface area contributed by atoms with Gasteiger partial charge in [0.05, 0.1) is 18.3 Å². The molecule has 0 spiro atoms. The van der Waals surface area contributed by atoms with Crippen LogP contribution in [0.1, 0.15) is 5.56 Å². The molecule has 26 heavy (non-hydrogen) atoms. The second-order valence-electron chi connectivity index (χ2n) is 6.28. The second kappa shape index (κ2) is 7.01. The first-order valence-electron chi connectivity index (χ1n) is 8.36. The number of benzene rings is 1. The van der Waals surface area contributed by atoms with Gasteiger partial charge in [-0.05, 0) is 37.9 Å². The third-order valence-electron chi connectivity index (χ3n) is 3.99. The molecular weight excluding hydrogens is 330 g/mol. The van der Waals surface area contributed by atoms with Gasteiger partial charge in [0.2, 0.25) is 17.2 Å². The number of likely N-dealkylation sites (N-methyl/N-ethyl adjacent to an activating group) is 1. The van der Waals surface area contributed by atoms with E-state index in [9.17, 15) is 0 Å². The highest BCUT2D eigenvalue weighted by molar-refractivity contribution is 5.79. The summed E-state index contributed by atoms with van der Waals surface area (Å²) in [5.41, 5.74) is 3.18. The standard InChI is InChI=1S/C18H19N7O/c1-24(2)8-9-26-16-11-20-17-18(21-16)25(23-22-17)12-13-5-6-15-14(10-13)4-3-7-19-15/h3-7,10-11H,8-9,12H2,1-2H3. The number of fused-ring (bicyclic) bond motifs is 2. The van der Waals surface area contributed by atoms with Crippen LogP contribution >= 0.6 is 0 Å². The van der Waals surface area contributed by atoms with E-state index in [1.54, 1.807) is 17.1 Å². The highest BCUT2D eigenvalue weighted by Gasteiger charge is 2.10. The van der Waals surface area contributed by atoms with Crippen molar-refractivity contribution in [3.05, 3.63) is 48.3 Å². The predicted octanol–water partition coefficient (Wildman–Crippen LogP) is 1.76. The SMILES string of the molecule is CN(C)CCOc1cnc2nnn(Cc3ccc4ncccc4c3)c2n1. The van der Waals surface area contributed by atoms with Crippen LogP contribution in [0.25, 0.3) is 22.2 Å². The van der Waals surface area contributed by atoms with Crippen molar-refractivity contribution < 1.29 is 4.74 Å². The number of hydrogen-bond donors (Lipinski definition) is 0. The summed E-state index contributed by atoms with van der Waals surface area (Å²) in [6.45, 7) is 1.91. The van der Waals surface area contributed by atoms with Crippen LogP contribution in [0.2, 0.25) is 0 Å². The Hall–Kier alpha value is -3.13. The lowest BCUT2D eigenvalue weighted by atomic mass is 10.1. The minimum Gasteiger partial charge on any atom is -0.475 e. The normalized spacial score (nSPS) is 11.5. The summed E-state index contributed by atoms with van der Waals surface area (Å²) in [4.78, 5) is 15.2. The Bertz CT molecular complexity index is 1040. The number of ether oxygens (including phenoxy) is 1. The molecule has 132 valence electrons. The van der Waals surface area contributed by atoms with E-state index in [2.05, 4.69) is 31.3 Å². The molecule has 0 saturated heterocycles. The largest absolute Gasteiger partial charge is 0.475 e. The Morgan fingerprint density at radius 3 is 2.96 bits per heavy atom. The molecule has 0 fully saturated rings. The fraction of sp³-hybridized carbons (Fsp3) is 0.278. The molecule has 0 aliphatic rings. The first kappa shape index (κ1) is 16.3. The summed E-state index contributed by atoms with van der Waals surface area (Å²) in [5.74, 6) is 0.477. The number of aromatic nitrogens is 6. The lowest BCUT2D eigenvalue weighted by Gasteiger charge is -2.10. The van der Waals surface area contributed by atoms with Gasteiger partial charge in [-0.3, -0.25) is 4.98 Å². The minimum absolute atomic E-state index is 0.477. The van der Waals surface area contributed by atoms with Crippen molar-refractivity contribution in [1.29, 1.82) is 0 Å². The molecular formula is C18H19N7O. The van der Waals surface area contributed by atoms with Gasteiger partial charge in [0.25, 0.3) is 0 Å². The van der Waals surface area contributed by atoms with Gasteiger partial charge in [0, 0.05) is 18.1 Å². The van der Waals surface area contributed by atoms with Crippen molar-refractivity contribution in [3.8, 4) is 5.88 Å². The number of rotatable bonds is 6. The summed E-state index contributed by atoms with van der Waals surface area (Å²) in [7, 11) is 3.99. The maximum Gasteiger partial charge on any atom is 0.234 e. The van der Waals surface area contributed by atoms with Crippen LogP contribution in [0.5, 0.6) is 5.88 Å². The number of pyridine rings is 1. The Balaban J connectivity index is 1.58. The van der Waals surface area contributed by atoms with Gasteiger partial charge in [-0.15, -0.1) is 5.10 Å². The zero-order chi connectivity index (χ0) is 17.9. The van der Waals surface area contributed by atoms with Crippen LogP contribution in [0.3, 0.4) is 0 Å². The average molecular weight is 349 g/mol. The molecule has 0 unspecified atom stereocenters. The van der Waals surface area contributed by atoms with Crippen LogP contribution in [0.15, 0.2) is 42.7 Å². The Morgan fingerprint density at radius 2 is 2.08 bits per heavy atom. The minimum atomic E-state index is 0.477. The van der Waals surface area contributed by atoms with E-state index in [-0.39, 0.29) is 0 Å². The molecule has 8 nitrogen and oxygen atoms in total. The Labute approximate surface area is 150 Å². The lowest BCUT2D eigenvalue weighted by Crippen LogP contribution is -2.19. The molecule has 0 atom stereocenters. The quantitative estimate of drug-likeness (QED) is 0.524. The average Bonchev–Trinajstić information content (AvgIpc) is 3.03. The predicted molar refractivity (Wildman–Crippen MR) is 98.0 cm³/mol. The van der Waals surface area contributed by atoms with Gasteiger partial charge >= 0.3 is 0 Å². The molecule has 0 aliphatic carbocycles. The molecule has 0 aliphatic heterocycles. The summed E-state index contributed by atoms with van der Waals surface area (Å²) < 4.78 is 7.40. The summed E-state index contributed by atoms with van der Waals surface area (Å²) >= 11 is 0. The van der Waals surface area contributed by atoms with E-state index in [0.717, 1.165) is 23.0 Å². The molecule has 4 aromatic rings. The maximum atomic E-state index is 5.66. The summed E-state index contributed by atoms with van der Waals surface area (Å²) in [6, 6.07) is 10.1. The smallest absolute Gasteiger partial charge is 0.234 e. The molecule has 3 aromatic heterocycles. The topological polar surface area (TPSA) is 81.9 Å². The van der Waals surface area contributed by atoms with Crippen LogP contribution in [0, 0.1) is 0 Å². The second-order valence-corrected chi connectivity index (χ2v) is 6.28. The highest BCUT2D eigenvalue weighted by Crippen LogP contribution is 2.16. The van der Waals surface area contributed by atoms with Crippen LogP contribution in [0.4, 0.5) is 0 Å².